The highest BCUT2D eigenvalue weighted by Crippen LogP contribution is 2.08. The van der Waals surface area contributed by atoms with Gasteiger partial charge in [0.25, 0.3) is 0 Å². The van der Waals surface area contributed by atoms with Gasteiger partial charge in [0.15, 0.2) is 0 Å². The van der Waals surface area contributed by atoms with Gasteiger partial charge in [0.05, 0.1) is 0 Å². The van der Waals surface area contributed by atoms with Gasteiger partial charge in [-0.1, -0.05) is 13.8 Å². The molecule has 0 aliphatic rings. The first-order valence-electron chi connectivity index (χ1n) is 6.58. The van der Waals surface area contributed by atoms with Gasteiger partial charge >= 0.3 is 6.01 Å². The van der Waals surface area contributed by atoms with Crippen molar-refractivity contribution in [1.82, 2.24) is 29.4 Å². The fraction of sp³-hybridized carbons (Fsp3) is 0.500. The van der Waals surface area contributed by atoms with Crippen molar-refractivity contribution >= 4 is 5.95 Å². The van der Waals surface area contributed by atoms with Crippen molar-refractivity contribution < 1.29 is 4.74 Å². The van der Waals surface area contributed by atoms with Crippen LogP contribution in [0.3, 0.4) is 0 Å². The van der Waals surface area contributed by atoms with Gasteiger partial charge in [0, 0.05) is 18.9 Å². The zero-order valence-electron chi connectivity index (χ0n) is 11.7. The summed E-state index contributed by atoms with van der Waals surface area (Å²) in [6, 6.07) is 0.230. The Labute approximate surface area is 117 Å². The molecule has 0 fully saturated rings. The summed E-state index contributed by atoms with van der Waals surface area (Å²) in [4.78, 5) is 18.4. The predicted octanol–water partition coefficient (Wildman–Crippen LogP) is 0.360. The molecule has 0 aromatic carbocycles. The number of rotatable bonds is 7. The number of nitrogens with two attached hydrogens (primary N) is 1. The summed E-state index contributed by atoms with van der Waals surface area (Å²) in [6.45, 7) is 7.52. The van der Waals surface area contributed by atoms with Crippen LogP contribution in [0.15, 0.2) is 18.7 Å². The second kappa shape index (κ2) is 6.80. The van der Waals surface area contributed by atoms with Crippen molar-refractivity contribution in [2.24, 2.45) is 0 Å². The van der Waals surface area contributed by atoms with E-state index in [4.69, 9.17) is 10.5 Å². The maximum Gasteiger partial charge on any atom is 0.323 e. The fourth-order valence-electron chi connectivity index (χ4n) is 1.72. The number of nitrogen functional groups attached to an aromatic ring is 1. The van der Waals surface area contributed by atoms with Crippen LogP contribution in [-0.4, -0.2) is 55.6 Å². The molecule has 2 N–H and O–H groups in total. The third kappa shape index (κ3) is 3.64. The van der Waals surface area contributed by atoms with Gasteiger partial charge in [-0.05, 0) is 13.1 Å². The minimum Gasteiger partial charge on any atom is -0.462 e. The van der Waals surface area contributed by atoms with Gasteiger partial charge in [-0.2, -0.15) is 15.0 Å². The van der Waals surface area contributed by atoms with Crippen LogP contribution in [0.25, 0.3) is 5.95 Å². The van der Waals surface area contributed by atoms with Gasteiger partial charge in [0.2, 0.25) is 11.9 Å². The smallest absolute Gasteiger partial charge is 0.323 e. The van der Waals surface area contributed by atoms with Gasteiger partial charge in [-0.25, -0.2) is 4.98 Å². The topological polar surface area (TPSA) is 95.0 Å². The Hall–Kier alpha value is -2.22. The lowest BCUT2D eigenvalue weighted by molar-refractivity contribution is 0.212. The monoisotopic (exact) mass is 277 g/mol. The second-order valence-electron chi connectivity index (χ2n) is 4.12. The average Bonchev–Trinajstić information content (AvgIpc) is 2.97. The van der Waals surface area contributed by atoms with Crippen LogP contribution in [0.5, 0.6) is 6.01 Å². The minimum absolute atomic E-state index is 0.126. The van der Waals surface area contributed by atoms with Crippen LogP contribution in [0.1, 0.15) is 13.8 Å². The molecule has 108 valence electrons. The molecule has 8 nitrogen and oxygen atoms in total. The molecule has 2 aromatic heterocycles. The number of aromatic nitrogens is 5. The Bertz CT molecular complexity index is 525. The van der Waals surface area contributed by atoms with Crippen molar-refractivity contribution in [2.75, 3.05) is 32.0 Å². The molecule has 0 saturated carbocycles. The summed E-state index contributed by atoms with van der Waals surface area (Å²) >= 11 is 0. The standard InChI is InChI=1S/C12H19N7O/c1-3-18(4-2)7-8-20-12-16-10(13)15-11(17-12)19-6-5-14-9-19/h5-6,9H,3-4,7-8H2,1-2H3,(H2,13,15,16,17). The van der Waals surface area contributed by atoms with Crippen molar-refractivity contribution in [3.63, 3.8) is 0 Å². The predicted molar refractivity (Wildman–Crippen MR) is 74.6 cm³/mol. The van der Waals surface area contributed by atoms with E-state index in [1.54, 1.807) is 23.3 Å². The molecule has 20 heavy (non-hydrogen) atoms. The van der Waals surface area contributed by atoms with Gasteiger partial charge < -0.3 is 15.4 Å². The van der Waals surface area contributed by atoms with Gasteiger partial charge in [-0.15, -0.1) is 0 Å². The van der Waals surface area contributed by atoms with E-state index in [1.807, 2.05) is 0 Å². The number of imidazole rings is 1. The van der Waals surface area contributed by atoms with E-state index in [0.717, 1.165) is 19.6 Å². The number of hydrogen-bond donors (Lipinski definition) is 1. The summed E-state index contributed by atoms with van der Waals surface area (Å²) in [5.74, 6) is 0.523. The Balaban J connectivity index is 2.02. The number of ether oxygens (including phenoxy) is 1. The maximum atomic E-state index is 5.66. The van der Waals surface area contributed by atoms with Crippen LogP contribution in [0.4, 0.5) is 5.95 Å². The highest BCUT2D eigenvalue weighted by molar-refractivity contribution is 5.24. The average molecular weight is 277 g/mol. The van der Waals surface area contributed by atoms with E-state index >= 15 is 0 Å². The van der Waals surface area contributed by atoms with Crippen molar-refractivity contribution in [3.8, 4) is 12.0 Å². The highest BCUT2D eigenvalue weighted by atomic mass is 16.5. The van der Waals surface area contributed by atoms with Gasteiger partial charge in [0.1, 0.15) is 12.9 Å². The van der Waals surface area contributed by atoms with E-state index in [9.17, 15) is 0 Å². The Morgan fingerprint density at radius 3 is 2.70 bits per heavy atom. The van der Waals surface area contributed by atoms with E-state index in [0.29, 0.717) is 12.6 Å². The lowest BCUT2D eigenvalue weighted by Crippen LogP contribution is -2.28. The van der Waals surface area contributed by atoms with E-state index in [1.165, 1.54) is 0 Å². The van der Waals surface area contributed by atoms with Crippen molar-refractivity contribution in [1.29, 1.82) is 0 Å². The molecule has 0 radical (unpaired) electrons. The molecule has 0 amide bonds. The summed E-state index contributed by atoms with van der Waals surface area (Å²) in [6.07, 6.45) is 4.96. The first-order valence-corrected chi connectivity index (χ1v) is 6.58. The van der Waals surface area contributed by atoms with E-state index in [-0.39, 0.29) is 12.0 Å². The number of nitrogens with zero attached hydrogens (tertiary/aromatic N) is 6. The van der Waals surface area contributed by atoms with Crippen LogP contribution in [0, 0.1) is 0 Å². The molecule has 0 spiro atoms. The first-order chi connectivity index (χ1) is 9.72. The molecule has 0 aliphatic carbocycles. The van der Waals surface area contributed by atoms with Crippen LogP contribution >= 0.6 is 0 Å². The molecule has 0 bridgehead atoms. The number of hydrogen-bond acceptors (Lipinski definition) is 7. The summed E-state index contributed by atoms with van der Waals surface area (Å²) in [7, 11) is 0. The third-order valence-electron chi connectivity index (χ3n) is 2.89. The Kier molecular flexibility index (Phi) is 4.83. The number of likely N-dealkylation sites (N-methyl/N-ethyl adjacent to an activating group) is 1. The zero-order chi connectivity index (χ0) is 14.4. The zero-order valence-corrected chi connectivity index (χ0v) is 11.7. The SMILES string of the molecule is CCN(CC)CCOc1nc(N)nc(-n2ccnc2)n1. The Morgan fingerprint density at radius 1 is 1.25 bits per heavy atom. The highest BCUT2D eigenvalue weighted by Gasteiger charge is 2.07. The molecule has 8 heteroatoms. The minimum atomic E-state index is 0.126. The van der Waals surface area contributed by atoms with E-state index in [2.05, 4.69) is 38.7 Å². The fourth-order valence-corrected chi connectivity index (χ4v) is 1.72. The lowest BCUT2D eigenvalue weighted by Gasteiger charge is -2.17. The summed E-state index contributed by atoms with van der Waals surface area (Å²) in [5, 5.41) is 0. The maximum absolute atomic E-state index is 5.66. The van der Waals surface area contributed by atoms with Crippen molar-refractivity contribution in [2.45, 2.75) is 13.8 Å². The molecule has 0 saturated heterocycles. The number of anilines is 1. The third-order valence-corrected chi connectivity index (χ3v) is 2.89. The molecule has 2 rings (SSSR count). The molecular weight excluding hydrogens is 258 g/mol. The first kappa shape index (κ1) is 14.2. The summed E-state index contributed by atoms with van der Waals surface area (Å²) < 4.78 is 7.19. The second-order valence-corrected chi connectivity index (χ2v) is 4.12. The molecule has 2 aromatic rings. The van der Waals surface area contributed by atoms with Crippen LogP contribution in [0.2, 0.25) is 0 Å². The summed E-state index contributed by atoms with van der Waals surface area (Å²) in [5.41, 5.74) is 5.66. The van der Waals surface area contributed by atoms with E-state index < -0.39 is 0 Å². The van der Waals surface area contributed by atoms with Crippen LogP contribution in [-0.2, 0) is 0 Å². The van der Waals surface area contributed by atoms with Crippen LogP contribution < -0.4 is 10.5 Å². The Morgan fingerprint density at radius 2 is 2.05 bits per heavy atom. The molecular formula is C12H19N7O. The largest absolute Gasteiger partial charge is 0.462 e. The molecule has 0 aliphatic heterocycles. The molecule has 0 atom stereocenters. The molecule has 0 unspecified atom stereocenters. The quantitative estimate of drug-likeness (QED) is 0.780. The lowest BCUT2D eigenvalue weighted by atomic mass is 10.5. The normalized spacial score (nSPS) is 10.9. The van der Waals surface area contributed by atoms with Gasteiger partial charge in [-0.3, -0.25) is 4.57 Å². The van der Waals surface area contributed by atoms with Crippen molar-refractivity contribution in [3.05, 3.63) is 18.7 Å². The molecule has 2 heterocycles.